The van der Waals surface area contributed by atoms with Gasteiger partial charge in [0.15, 0.2) is 0 Å². The van der Waals surface area contributed by atoms with E-state index < -0.39 is 0 Å². The van der Waals surface area contributed by atoms with Gasteiger partial charge in [-0.15, -0.1) is 0 Å². The first-order chi connectivity index (χ1) is 11.2. The molecular weight excluding hydrogens is 290 g/mol. The van der Waals surface area contributed by atoms with Gasteiger partial charge in [0.05, 0.1) is 29.8 Å². The average Bonchev–Trinajstić information content (AvgIpc) is 3.11. The summed E-state index contributed by atoms with van der Waals surface area (Å²) < 4.78 is 0. The minimum atomic E-state index is 0.719. The summed E-state index contributed by atoms with van der Waals surface area (Å²) in [4.78, 5) is 24.0. The Morgan fingerprint density at radius 3 is 2.48 bits per heavy atom. The number of rotatable bonds is 5. The van der Waals surface area contributed by atoms with E-state index in [2.05, 4.69) is 15.3 Å². The Kier molecular flexibility index (Phi) is 4.23. The minimum Gasteiger partial charge on any atom is -0.376 e. The Labute approximate surface area is 135 Å². The normalized spacial score (nSPS) is 13.2. The lowest BCUT2D eigenvalue weighted by atomic mass is 10.2. The maximum atomic E-state index is 11.7. The van der Waals surface area contributed by atoms with Crippen molar-refractivity contribution in [3.05, 3.63) is 48.3 Å². The Hall–Kier alpha value is -2.89. The van der Waals surface area contributed by atoms with Crippen molar-refractivity contribution in [1.82, 2.24) is 10.3 Å². The van der Waals surface area contributed by atoms with E-state index >= 15 is 0 Å². The maximum absolute atomic E-state index is 11.7. The molecule has 6 nitrogen and oxygen atoms in total. The summed E-state index contributed by atoms with van der Waals surface area (Å²) in [6, 6.07) is 11.5. The molecule has 0 radical (unpaired) electrons. The quantitative estimate of drug-likeness (QED) is 0.856. The van der Waals surface area contributed by atoms with Gasteiger partial charge in [0.25, 0.3) is 0 Å². The Bertz CT molecular complexity index is 724. The lowest BCUT2D eigenvalue weighted by Crippen LogP contribution is -2.22. The second kappa shape index (κ2) is 6.48. The van der Waals surface area contributed by atoms with Crippen molar-refractivity contribution in [3.63, 3.8) is 0 Å². The van der Waals surface area contributed by atoms with E-state index in [4.69, 9.17) is 0 Å². The molecule has 3 rings (SSSR count). The molecule has 0 bridgehead atoms. The number of carbonyl (C=O) groups excluding carboxylic acids is 1. The van der Waals surface area contributed by atoms with Crippen molar-refractivity contribution in [3.8, 4) is 0 Å². The van der Waals surface area contributed by atoms with Crippen molar-refractivity contribution in [2.75, 3.05) is 37.0 Å². The molecule has 1 aliphatic rings. The van der Waals surface area contributed by atoms with E-state index in [1.54, 1.807) is 11.1 Å². The SMILES string of the molecule is CN(C)c1ccccc1N(C=O)c1ccc(C2=NCCN2)nc1. The molecule has 118 valence electrons. The second-order valence-electron chi connectivity index (χ2n) is 5.42. The highest BCUT2D eigenvalue weighted by atomic mass is 16.1. The molecular formula is C17H19N5O. The zero-order chi connectivity index (χ0) is 16.2. The number of hydrogen-bond donors (Lipinski definition) is 1. The van der Waals surface area contributed by atoms with E-state index in [9.17, 15) is 4.79 Å². The molecule has 0 atom stereocenters. The Balaban J connectivity index is 1.94. The fraction of sp³-hybridized carbons (Fsp3) is 0.235. The largest absolute Gasteiger partial charge is 0.376 e. The van der Waals surface area contributed by atoms with Crippen molar-refractivity contribution in [2.45, 2.75) is 0 Å². The summed E-state index contributed by atoms with van der Waals surface area (Å²) in [6.45, 7) is 1.62. The van der Waals surface area contributed by atoms with Crippen molar-refractivity contribution >= 4 is 29.3 Å². The van der Waals surface area contributed by atoms with Crippen LogP contribution in [0.3, 0.4) is 0 Å². The first kappa shape index (κ1) is 15.0. The molecule has 1 aliphatic heterocycles. The molecule has 0 spiro atoms. The van der Waals surface area contributed by atoms with Crippen LogP contribution in [0.2, 0.25) is 0 Å². The number of amidine groups is 1. The molecule has 2 aromatic rings. The van der Waals surface area contributed by atoms with Gasteiger partial charge in [-0.05, 0) is 24.3 Å². The highest BCUT2D eigenvalue weighted by Crippen LogP contribution is 2.32. The van der Waals surface area contributed by atoms with Gasteiger partial charge in [0.1, 0.15) is 11.5 Å². The van der Waals surface area contributed by atoms with Crippen molar-refractivity contribution < 1.29 is 4.79 Å². The number of nitrogens with zero attached hydrogens (tertiary/aromatic N) is 4. The predicted octanol–water partition coefficient (Wildman–Crippen LogP) is 1.79. The summed E-state index contributed by atoms with van der Waals surface area (Å²) in [5.41, 5.74) is 3.29. The van der Waals surface area contributed by atoms with Crippen molar-refractivity contribution in [2.24, 2.45) is 4.99 Å². The van der Waals surface area contributed by atoms with Crippen molar-refractivity contribution in [1.29, 1.82) is 0 Å². The molecule has 6 heteroatoms. The summed E-state index contributed by atoms with van der Waals surface area (Å²) in [6.07, 6.45) is 2.50. The monoisotopic (exact) mass is 309 g/mol. The van der Waals surface area contributed by atoms with E-state index in [-0.39, 0.29) is 0 Å². The number of aromatic nitrogens is 1. The van der Waals surface area contributed by atoms with Crippen LogP contribution in [0.5, 0.6) is 0 Å². The molecule has 1 amide bonds. The van der Waals surface area contributed by atoms with E-state index in [1.165, 1.54) is 0 Å². The fourth-order valence-electron chi connectivity index (χ4n) is 2.54. The Morgan fingerprint density at radius 2 is 1.91 bits per heavy atom. The molecule has 1 aromatic carbocycles. The molecule has 0 saturated heterocycles. The third kappa shape index (κ3) is 3.01. The van der Waals surface area contributed by atoms with Gasteiger partial charge in [-0.2, -0.15) is 0 Å². The molecule has 0 saturated carbocycles. The van der Waals surface area contributed by atoms with Crippen LogP contribution in [0.15, 0.2) is 47.6 Å². The summed E-state index contributed by atoms with van der Waals surface area (Å²) in [7, 11) is 3.90. The lowest BCUT2D eigenvalue weighted by molar-refractivity contribution is -0.106. The van der Waals surface area contributed by atoms with E-state index in [1.807, 2.05) is 55.4 Å². The maximum Gasteiger partial charge on any atom is 0.218 e. The van der Waals surface area contributed by atoms with Crippen LogP contribution in [0.4, 0.5) is 17.1 Å². The van der Waals surface area contributed by atoms with E-state index in [0.717, 1.165) is 48.1 Å². The first-order valence-electron chi connectivity index (χ1n) is 7.46. The number of benzene rings is 1. The number of anilines is 3. The van der Waals surface area contributed by atoms with Crippen LogP contribution < -0.4 is 15.1 Å². The average molecular weight is 309 g/mol. The molecule has 1 aromatic heterocycles. The highest BCUT2D eigenvalue weighted by Gasteiger charge is 2.15. The second-order valence-corrected chi connectivity index (χ2v) is 5.42. The number of carbonyl (C=O) groups is 1. The third-order valence-corrected chi connectivity index (χ3v) is 3.67. The first-order valence-corrected chi connectivity index (χ1v) is 7.46. The molecule has 0 fully saturated rings. The number of hydrogen-bond acceptors (Lipinski definition) is 5. The topological polar surface area (TPSA) is 60.8 Å². The number of para-hydroxylation sites is 2. The summed E-state index contributed by atoms with van der Waals surface area (Å²) in [5.74, 6) is 0.808. The van der Waals surface area contributed by atoms with Crippen LogP contribution in [-0.2, 0) is 4.79 Å². The van der Waals surface area contributed by atoms with Crippen LogP contribution in [0.25, 0.3) is 0 Å². The Morgan fingerprint density at radius 1 is 1.13 bits per heavy atom. The van der Waals surface area contributed by atoms with Gasteiger partial charge in [-0.25, -0.2) is 0 Å². The smallest absolute Gasteiger partial charge is 0.218 e. The minimum absolute atomic E-state index is 0.719. The standard InChI is InChI=1S/C17H19N5O/c1-21(2)15-5-3-4-6-16(15)22(12-23)13-7-8-14(20-11-13)17-18-9-10-19-17/h3-8,11-12H,9-10H2,1-2H3,(H,18,19). The number of nitrogens with one attached hydrogen (secondary N) is 1. The van der Waals surface area contributed by atoms with Gasteiger partial charge in [-0.1, -0.05) is 12.1 Å². The van der Waals surface area contributed by atoms with Crippen LogP contribution in [0, 0.1) is 0 Å². The zero-order valence-corrected chi connectivity index (χ0v) is 13.2. The third-order valence-electron chi connectivity index (χ3n) is 3.67. The molecule has 0 unspecified atom stereocenters. The number of amides is 1. The van der Waals surface area contributed by atoms with Crippen LogP contribution in [-0.4, -0.2) is 44.4 Å². The number of aliphatic imine (C=N–C) groups is 1. The van der Waals surface area contributed by atoms with Crippen LogP contribution >= 0.6 is 0 Å². The number of pyridine rings is 1. The zero-order valence-electron chi connectivity index (χ0n) is 13.2. The predicted molar refractivity (Wildman–Crippen MR) is 92.6 cm³/mol. The van der Waals surface area contributed by atoms with E-state index in [0.29, 0.717) is 0 Å². The van der Waals surface area contributed by atoms with Gasteiger partial charge >= 0.3 is 0 Å². The summed E-state index contributed by atoms with van der Waals surface area (Å²) >= 11 is 0. The highest BCUT2D eigenvalue weighted by molar-refractivity contribution is 5.98. The molecule has 1 N–H and O–H groups in total. The lowest BCUT2D eigenvalue weighted by Gasteiger charge is -2.24. The van der Waals surface area contributed by atoms with Gasteiger partial charge in [-0.3, -0.25) is 19.7 Å². The van der Waals surface area contributed by atoms with Gasteiger partial charge in [0, 0.05) is 20.6 Å². The van der Waals surface area contributed by atoms with Gasteiger partial charge < -0.3 is 10.2 Å². The summed E-state index contributed by atoms with van der Waals surface area (Å²) in [5, 5.41) is 3.19. The molecule has 2 heterocycles. The fourth-order valence-corrected chi connectivity index (χ4v) is 2.54. The molecule has 0 aliphatic carbocycles. The van der Waals surface area contributed by atoms with Crippen LogP contribution in [0.1, 0.15) is 5.69 Å². The van der Waals surface area contributed by atoms with Gasteiger partial charge in [0.2, 0.25) is 6.41 Å². The molecule has 23 heavy (non-hydrogen) atoms.